The van der Waals surface area contributed by atoms with E-state index in [1.807, 2.05) is 6.07 Å². The average molecular weight is 259 g/mol. The highest BCUT2D eigenvalue weighted by Crippen LogP contribution is 2.31. The molecule has 0 radical (unpaired) electrons. The fraction of sp³-hybridized carbons (Fsp3) is 0.500. The Kier molecular flexibility index (Phi) is 3.19. The third-order valence-electron chi connectivity index (χ3n) is 3.93. The topological polar surface area (TPSA) is 67.5 Å². The monoisotopic (exact) mass is 259 g/mol. The molecule has 0 aromatic carbocycles. The van der Waals surface area contributed by atoms with Gasteiger partial charge in [-0.1, -0.05) is 25.7 Å². The molecule has 5 nitrogen and oxygen atoms in total. The van der Waals surface area contributed by atoms with Gasteiger partial charge in [-0.3, -0.25) is 0 Å². The largest absolute Gasteiger partial charge is 0.477 e. The number of aromatic nitrogens is 3. The van der Waals surface area contributed by atoms with Crippen molar-refractivity contribution in [2.45, 2.75) is 44.4 Å². The lowest BCUT2D eigenvalue weighted by atomic mass is 9.96. The second kappa shape index (κ2) is 4.99. The zero-order valence-corrected chi connectivity index (χ0v) is 10.7. The highest BCUT2D eigenvalue weighted by molar-refractivity contribution is 5.94. The summed E-state index contributed by atoms with van der Waals surface area (Å²) >= 11 is 0. The van der Waals surface area contributed by atoms with E-state index < -0.39 is 5.97 Å². The Morgan fingerprint density at radius 3 is 2.68 bits per heavy atom. The fourth-order valence-corrected chi connectivity index (χ4v) is 2.95. The predicted octanol–water partition coefficient (Wildman–Crippen LogP) is 2.87. The molecular formula is C14H17N3O2. The van der Waals surface area contributed by atoms with E-state index >= 15 is 0 Å². The van der Waals surface area contributed by atoms with E-state index in [4.69, 9.17) is 5.11 Å². The number of nitrogens with zero attached hydrogens (tertiary/aromatic N) is 3. The van der Waals surface area contributed by atoms with Gasteiger partial charge in [-0.2, -0.15) is 5.10 Å². The smallest absolute Gasteiger partial charge is 0.341 e. The van der Waals surface area contributed by atoms with Gasteiger partial charge < -0.3 is 5.11 Å². The van der Waals surface area contributed by atoms with Crippen LogP contribution in [0.15, 0.2) is 18.5 Å². The van der Waals surface area contributed by atoms with Crippen molar-refractivity contribution in [1.82, 2.24) is 14.6 Å². The van der Waals surface area contributed by atoms with E-state index in [0.717, 1.165) is 18.5 Å². The molecular weight excluding hydrogens is 242 g/mol. The molecule has 0 unspecified atom stereocenters. The minimum Gasteiger partial charge on any atom is -0.477 e. The maximum Gasteiger partial charge on any atom is 0.341 e. The maximum absolute atomic E-state index is 11.1. The molecule has 5 heteroatoms. The minimum atomic E-state index is -0.972. The predicted molar refractivity (Wildman–Crippen MR) is 70.4 cm³/mol. The lowest BCUT2D eigenvalue weighted by Crippen LogP contribution is -2.07. The Morgan fingerprint density at radius 1 is 1.26 bits per heavy atom. The van der Waals surface area contributed by atoms with E-state index in [2.05, 4.69) is 10.1 Å². The molecule has 19 heavy (non-hydrogen) atoms. The lowest BCUT2D eigenvalue weighted by Gasteiger charge is -2.15. The van der Waals surface area contributed by atoms with Crippen molar-refractivity contribution in [1.29, 1.82) is 0 Å². The van der Waals surface area contributed by atoms with Crippen molar-refractivity contribution in [3.8, 4) is 0 Å². The van der Waals surface area contributed by atoms with Gasteiger partial charge in [0.2, 0.25) is 0 Å². The molecule has 0 spiro atoms. The highest BCUT2D eigenvalue weighted by Gasteiger charge is 2.20. The number of rotatable bonds is 2. The van der Waals surface area contributed by atoms with E-state index in [9.17, 15) is 4.79 Å². The van der Waals surface area contributed by atoms with Gasteiger partial charge in [0.15, 0.2) is 5.65 Å². The van der Waals surface area contributed by atoms with Gasteiger partial charge >= 0.3 is 5.97 Å². The number of aromatic carboxylic acids is 1. The molecule has 0 amide bonds. The molecule has 0 atom stereocenters. The summed E-state index contributed by atoms with van der Waals surface area (Å²) in [7, 11) is 0. The minimum absolute atomic E-state index is 0.176. The van der Waals surface area contributed by atoms with Gasteiger partial charge in [-0.15, -0.1) is 0 Å². The van der Waals surface area contributed by atoms with E-state index in [1.165, 1.54) is 31.9 Å². The van der Waals surface area contributed by atoms with Crippen molar-refractivity contribution in [2.24, 2.45) is 0 Å². The summed E-state index contributed by atoms with van der Waals surface area (Å²) in [6.07, 6.45) is 10.5. The van der Waals surface area contributed by atoms with Crippen LogP contribution < -0.4 is 0 Å². The van der Waals surface area contributed by atoms with Gasteiger partial charge in [0.25, 0.3) is 0 Å². The molecule has 2 aromatic rings. The molecule has 1 aliphatic carbocycles. The summed E-state index contributed by atoms with van der Waals surface area (Å²) in [6, 6.07) is 1.97. The van der Waals surface area contributed by atoms with Crippen molar-refractivity contribution in [3.63, 3.8) is 0 Å². The van der Waals surface area contributed by atoms with Crippen LogP contribution in [0.25, 0.3) is 5.65 Å². The Bertz CT molecular complexity index is 598. The molecule has 100 valence electrons. The molecule has 0 aliphatic heterocycles. The summed E-state index contributed by atoms with van der Waals surface area (Å²) in [5, 5.41) is 13.3. The van der Waals surface area contributed by atoms with Crippen LogP contribution >= 0.6 is 0 Å². The van der Waals surface area contributed by atoms with Crippen molar-refractivity contribution < 1.29 is 9.90 Å². The molecule has 1 fully saturated rings. The number of fused-ring (bicyclic) bond motifs is 1. The first kappa shape index (κ1) is 12.1. The second-order valence-electron chi connectivity index (χ2n) is 5.16. The Labute approximate surface area is 111 Å². The van der Waals surface area contributed by atoms with Gasteiger partial charge in [0, 0.05) is 17.8 Å². The summed E-state index contributed by atoms with van der Waals surface area (Å²) in [5.41, 5.74) is 1.73. The maximum atomic E-state index is 11.1. The molecule has 0 saturated heterocycles. The van der Waals surface area contributed by atoms with Crippen LogP contribution in [-0.2, 0) is 0 Å². The first-order chi connectivity index (χ1) is 9.27. The van der Waals surface area contributed by atoms with E-state index in [-0.39, 0.29) is 5.56 Å². The summed E-state index contributed by atoms with van der Waals surface area (Å²) in [6.45, 7) is 0. The average Bonchev–Trinajstić information content (AvgIpc) is 2.66. The number of carboxylic acids is 1. The van der Waals surface area contributed by atoms with Gasteiger partial charge in [-0.25, -0.2) is 14.3 Å². The third-order valence-corrected chi connectivity index (χ3v) is 3.93. The molecule has 1 N–H and O–H groups in total. The molecule has 3 rings (SSSR count). The normalized spacial score (nSPS) is 17.5. The van der Waals surface area contributed by atoms with Crippen LogP contribution in [0, 0.1) is 0 Å². The zero-order valence-electron chi connectivity index (χ0n) is 10.7. The Hall–Kier alpha value is -1.91. The zero-order chi connectivity index (χ0) is 13.2. The standard InChI is InChI=1S/C14H17N3O2/c18-14(19)11-9-16-17-12(7-8-15-13(11)17)10-5-3-1-2-4-6-10/h7-10H,1-6H2,(H,18,19). The van der Waals surface area contributed by atoms with Crippen LogP contribution in [0.4, 0.5) is 0 Å². The Morgan fingerprint density at radius 2 is 2.00 bits per heavy atom. The SMILES string of the molecule is O=C(O)c1cnn2c(C3CCCCCC3)ccnc12. The summed E-state index contributed by atoms with van der Waals surface area (Å²) < 4.78 is 1.71. The van der Waals surface area contributed by atoms with E-state index in [1.54, 1.807) is 10.7 Å². The van der Waals surface area contributed by atoms with Crippen LogP contribution in [-0.4, -0.2) is 25.7 Å². The number of carboxylic acid groups (broad SMARTS) is 1. The molecule has 1 saturated carbocycles. The van der Waals surface area contributed by atoms with Crippen LogP contribution in [0.1, 0.15) is 60.5 Å². The van der Waals surface area contributed by atoms with Gasteiger partial charge in [-0.05, 0) is 18.9 Å². The van der Waals surface area contributed by atoms with Gasteiger partial charge in [0.05, 0.1) is 6.20 Å². The van der Waals surface area contributed by atoms with E-state index in [0.29, 0.717) is 11.6 Å². The molecule has 2 heterocycles. The number of carbonyl (C=O) groups is 1. The quantitative estimate of drug-likeness (QED) is 0.842. The van der Waals surface area contributed by atoms with Gasteiger partial charge in [0.1, 0.15) is 5.56 Å². The number of hydrogen-bond acceptors (Lipinski definition) is 3. The van der Waals surface area contributed by atoms with Crippen molar-refractivity contribution >= 4 is 11.6 Å². The first-order valence-corrected chi connectivity index (χ1v) is 6.83. The number of hydrogen-bond donors (Lipinski definition) is 1. The highest BCUT2D eigenvalue weighted by atomic mass is 16.4. The summed E-state index contributed by atoms with van der Waals surface area (Å²) in [4.78, 5) is 15.3. The van der Waals surface area contributed by atoms with Crippen molar-refractivity contribution in [2.75, 3.05) is 0 Å². The van der Waals surface area contributed by atoms with Crippen LogP contribution in [0.5, 0.6) is 0 Å². The Balaban J connectivity index is 2.06. The van der Waals surface area contributed by atoms with Crippen molar-refractivity contribution in [3.05, 3.63) is 29.7 Å². The van der Waals surface area contributed by atoms with Crippen LogP contribution in [0.2, 0.25) is 0 Å². The molecule has 0 bridgehead atoms. The third kappa shape index (κ3) is 2.20. The second-order valence-corrected chi connectivity index (χ2v) is 5.16. The molecule has 1 aliphatic rings. The first-order valence-electron chi connectivity index (χ1n) is 6.83. The van der Waals surface area contributed by atoms with Crippen LogP contribution in [0.3, 0.4) is 0 Å². The molecule has 2 aromatic heterocycles. The fourth-order valence-electron chi connectivity index (χ4n) is 2.95. The lowest BCUT2D eigenvalue weighted by molar-refractivity contribution is 0.0699. The summed E-state index contributed by atoms with van der Waals surface area (Å²) in [5.74, 6) is -0.505.